The van der Waals surface area contributed by atoms with E-state index in [1.54, 1.807) is 0 Å². The van der Waals surface area contributed by atoms with Gasteiger partial charge >= 0.3 is 5.97 Å². The highest BCUT2D eigenvalue weighted by atomic mass is 16.5. The Morgan fingerprint density at radius 3 is 2.80 bits per heavy atom. The Kier molecular flexibility index (Phi) is 2.24. The van der Waals surface area contributed by atoms with E-state index < -0.39 is 5.97 Å². The van der Waals surface area contributed by atoms with Crippen LogP contribution in [0.4, 0.5) is 0 Å². The van der Waals surface area contributed by atoms with Gasteiger partial charge in [-0.1, -0.05) is 0 Å². The van der Waals surface area contributed by atoms with E-state index in [0.717, 1.165) is 11.5 Å². The van der Waals surface area contributed by atoms with Gasteiger partial charge in [-0.3, -0.25) is 4.79 Å². The normalized spacial score (nSPS) is 25.9. The van der Waals surface area contributed by atoms with Crippen molar-refractivity contribution in [2.24, 2.45) is 0 Å². The van der Waals surface area contributed by atoms with Gasteiger partial charge in [0.2, 0.25) is 0 Å². The van der Waals surface area contributed by atoms with Crippen LogP contribution in [0.2, 0.25) is 0 Å². The second-order valence-corrected chi connectivity index (χ2v) is 2.52. The standard InChI is InChI=1S/C6H10NO3/c8-6(9)2-1-5-3-4-7(5)10/h5H,1-4H2,(H,8,9)/q-1. The molecule has 0 aromatic heterocycles. The van der Waals surface area contributed by atoms with E-state index in [2.05, 4.69) is 0 Å². The SMILES string of the molecule is O=C(O)CCC1CCN1[O-]. The van der Waals surface area contributed by atoms with Crippen LogP contribution in [-0.4, -0.2) is 28.7 Å². The molecule has 58 valence electrons. The number of hydroxylamine groups is 2. The van der Waals surface area contributed by atoms with Crippen molar-refractivity contribution in [2.75, 3.05) is 6.54 Å². The second-order valence-electron chi connectivity index (χ2n) is 2.52. The minimum absolute atomic E-state index is 0.0175. The third kappa shape index (κ3) is 1.68. The topological polar surface area (TPSA) is 63.6 Å². The Morgan fingerprint density at radius 2 is 2.50 bits per heavy atom. The third-order valence-electron chi connectivity index (χ3n) is 1.78. The average Bonchev–Trinajstić information content (AvgIpc) is 1.84. The molecule has 1 unspecified atom stereocenters. The monoisotopic (exact) mass is 144 g/mol. The number of rotatable bonds is 3. The molecule has 0 amide bonds. The molecule has 1 fully saturated rings. The second kappa shape index (κ2) is 2.98. The van der Waals surface area contributed by atoms with E-state index in [0.29, 0.717) is 13.0 Å². The zero-order valence-corrected chi connectivity index (χ0v) is 5.62. The molecule has 1 saturated heterocycles. The first-order valence-corrected chi connectivity index (χ1v) is 3.35. The Labute approximate surface area is 59.0 Å². The molecule has 1 heterocycles. The summed E-state index contributed by atoms with van der Waals surface area (Å²) in [7, 11) is 0. The van der Waals surface area contributed by atoms with Gasteiger partial charge in [0.1, 0.15) is 0 Å². The molecule has 0 radical (unpaired) electrons. The van der Waals surface area contributed by atoms with Crippen molar-refractivity contribution in [3.05, 3.63) is 5.21 Å². The molecule has 10 heavy (non-hydrogen) atoms. The molecule has 1 atom stereocenters. The Hall–Kier alpha value is -0.610. The Bertz CT molecular complexity index is 137. The highest BCUT2D eigenvalue weighted by Gasteiger charge is 2.19. The van der Waals surface area contributed by atoms with Gasteiger partial charge in [0.05, 0.1) is 0 Å². The van der Waals surface area contributed by atoms with E-state index in [1.807, 2.05) is 0 Å². The molecule has 1 aliphatic rings. The minimum atomic E-state index is -0.819. The minimum Gasteiger partial charge on any atom is -0.785 e. The third-order valence-corrected chi connectivity index (χ3v) is 1.78. The molecule has 4 heteroatoms. The first-order chi connectivity index (χ1) is 4.70. The molecule has 1 N–H and O–H groups in total. The van der Waals surface area contributed by atoms with Gasteiger partial charge < -0.3 is 15.4 Å². The summed E-state index contributed by atoms with van der Waals surface area (Å²) in [5.74, 6) is -0.819. The fraction of sp³-hybridized carbons (Fsp3) is 0.833. The van der Waals surface area contributed by atoms with Crippen LogP contribution in [0.3, 0.4) is 0 Å². The summed E-state index contributed by atoms with van der Waals surface area (Å²) in [5.41, 5.74) is 0. The van der Waals surface area contributed by atoms with Gasteiger partial charge in [0.25, 0.3) is 0 Å². The molecule has 4 nitrogen and oxygen atoms in total. The summed E-state index contributed by atoms with van der Waals surface area (Å²) in [6.07, 6.45) is 1.47. The van der Waals surface area contributed by atoms with Crippen LogP contribution in [0.25, 0.3) is 0 Å². The van der Waals surface area contributed by atoms with Gasteiger partial charge in [-0.2, -0.15) is 0 Å². The lowest BCUT2D eigenvalue weighted by Crippen LogP contribution is -2.43. The highest BCUT2D eigenvalue weighted by Crippen LogP contribution is 2.19. The van der Waals surface area contributed by atoms with E-state index in [9.17, 15) is 10.0 Å². The fourth-order valence-corrected chi connectivity index (χ4v) is 0.995. The number of carboxylic acids is 1. The van der Waals surface area contributed by atoms with Crippen molar-refractivity contribution < 1.29 is 9.90 Å². The maximum Gasteiger partial charge on any atom is 0.303 e. The smallest absolute Gasteiger partial charge is 0.303 e. The van der Waals surface area contributed by atoms with Crippen LogP contribution < -0.4 is 0 Å². The van der Waals surface area contributed by atoms with Crippen molar-refractivity contribution in [3.63, 3.8) is 0 Å². The van der Waals surface area contributed by atoms with E-state index in [-0.39, 0.29) is 12.5 Å². The largest absolute Gasteiger partial charge is 0.785 e. The van der Waals surface area contributed by atoms with Crippen LogP contribution in [0.5, 0.6) is 0 Å². The van der Waals surface area contributed by atoms with Gasteiger partial charge in [-0.05, 0) is 25.4 Å². The quantitative estimate of drug-likeness (QED) is 0.623. The number of hydrogen-bond donors (Lipinski definition) is 1. The van der Waals surface area contributed by atoms with Crippen molar-refractivity contribution >= 4 is 5.97 Å². The molecular formula is C6H10NO3-. The highest BCUT2D eigenvalue weighted by molar-refractivity contribution is 5.66. The lowest BCUT2D eigenvalue weighted by atomic mass is 10.0. The molecule has 0 aromatic carbocycles. The molecule has 1 rings (SSSR count). The number of nitrogens with zero attached hydrogens (tertiary/aromatic N) is 1. The first-order valence-electron chi connectivity index (χ1n) is 3.35. The Balaban J connectivity index is 2.08. The molecule has 0 aromatic rings. The Morgan fingerprint density at radius 1 is 1.80 bits per heavy atom. The maximum absolute atomic E-state index is 10.6. The average molecular weight is 144 g/mol. The van der Waals surface area contributed by atoms with Gasteiger partial charge in [0, 0.05) is 6.42 Å². The van der Waals surface area contributed by atoms with Crippen LogP contribution >= 0.6 is 0 Å². The summed E-state index contributed by atoms with van der Waals surface area (Å²) < 4.78 is 0. The summed E-state index contributed by atoms with van der Waals surface area (Å²) in [4.78, 5) is 10.0. The van der Waals surface area contributed by atoms with Crippen LogP contribution in [-0.2, 0) is 4.79 Å². The van der Waals surface area contributed by atoms with Gasteiger partial charge in [0.15, 0.2) is 0 Å². The molecule has 0 bridgehead atoms. The van der Waals surface area contributed by atoms with Gasteiger partial charge in [-0.25, -0.2) is 0 Å². The molecular weight excluding hydrogens is 134 g/mol. The number of aliphatic carboxylic acids is 1. The van der Waals surface area contributed by atoms with Gasteiger partial charge in [-0.15, -0.1) is 0 Å². The molecule has 0 spiro atoms. The zero-order valence-electron chi connectivity index (χ0n) is 5.62. The van der Waals surface area contributed by atoms with Crippen molar-refractivity contribution in [1.29, 1.82) is 0 Å². The number of carboxylic acid groups (broad SMARTS) is 1. The maximum atomic E-state index is 10.6. The lowest BCUT2D eigenvalue weighted by molar-refractivity contribution is -0.137. The van der Waals surface area contributed by atoms with E-state index in [1.165, 1.54) is 0 Å². The molecule has 0 aliphatic carbocycles. The van der Waals surface area contributed by atoms with E-state index >= 15 is 0 Å². The van der Waals surface area contributed by atoms with Crippen LogP contribution in [0, 0.1) is 5.21 Å². The van der Waals surface area contributed by atoms with Crippen molar-refractivity contribution in [1.82, 2.24) is 5.06 Å². The predicted molar refractivity (Wildman–Crippen MR) is 35.3 cm³/mol. The first kappa shape index (κ1) is 7.50. The zero-order chi connectivity index (χ0) is 7.56. The summed E-state index contributed by atoms with van der Waals surface area (Å²) in [5, 5.41) is 19.8. The van der Waals surface area contributed by atoms with Crippen LogP contribution in [0.15, 0.2) is 0 Å². The number of hydrogen-bond acceptors (Lipinski definition) is 3. The fourth-order valence-electron chi connectivity index (χ4n) is 0.995. The molecule has 1 aliphatic heterocycles. The molecule has 0 saturated carbocycles. The summed E-state index contributed by atoms with van der Waals surface area (Å²) in [6.45, 7) is 0.574. The lowest BCUT2D eigenvalue weighted by Gasteiger charge is -2.46. The van der Waals surface area contributed by atoms with Crippen molar-refractivity contribution in [2.45, 2.75) is 25.3 Å². The van der Waals surface area contributed by atoms with Crippen LogP contribution in [0.1, 0.15) is 19.3 Å². The van der Waals surface area contributed by atoms with E-state index in [4.69, 9.17) is 5.11 Å². The summed E-state index contributed by atoms with van der Waals surface area (Å²) in [6, 6.07) is -0.0175. The predicted octanol–water partition coefficient (Wildman–Crippen LogP) is 0.423. The van der Waals surface area contributed by atoms with Crippen molar-refractivity contribution in [3.8, 4) is 0 Å². The summed E-state index contributed by atoms with van der Waals surface area (Å²) >= 11 is 0. The number of carbonyl (C=O) groups is 1.